The molecule has 0 spiro atoms. The minimum absolute atomic E-state index is 0.696. The number of morpholine rings is 1. The zero-order chi connectivity index (χ0) is 21.6. The van der Waals surface area contributed by atoms with Gasteiger partial charge < -0.3 is 19.3 Å². The molecule has 5 rings (SSSR count). The van der Waals surface area contributed by atoms with Crippen LogP contribution in [0.25, 0.3) is 11.4 Å². The predicted molar refractivity (Wildman–Crippen MR) is 126 cm³/mol. The highest BCUT2D eigenvalue weighted by Crippen LogP contribution is 2.28. The minimum atomic E-state index is 0.696. The molecule has 0 N–H and O–H groups in total. The molecule has 0 atom stereocenters. The first kappa shape index (κ1) is 21.6. The lowest BCUT2D eigenvalue weighted by atomic mass is 10.2. The molecule has 3 aliphatic rings. The third-order valence-electron chi connectivity index (χ3n) is 6.79. The molecule has 0 bridgehead atoms. The molecular weight excluding hydrogens is 402 g/mol. The van der Waals surface area contributed by atoms with Crippen molar-refractivity contribution in [2.75, 3.05) is 77.1 Å². The molecular formula is C25H35N5O2. The SMILES string of the molecule is c1cc(-c2ncc3c(n2)N(CCCN2CCCC2)CC3)ccc1OCCN1CCOCC1. The number of anilines is 1. The highest BCUT2D eigenvalue weighted by atomic mass is 16.5. The third kappa shape index (κ3) is 5.39. The summed E-state index contributed by atoms with van der Waals surface area (Å²) in [4.78, 5) is 17.0. The number of likely N-dealkylation sites (tertiary alicyclic amines) is 1. The Morgan fingerprint density at radius 3 is 2.47 bits per heavy atom. The standard InChI is InChI=1S/C25H35N5O2/c1-2-10-28(9-1)11-3-12-30-13-8-22-20-26-24(27-25(22)30)21-4-6-23(7-5-21)32-19-16-29-14-17-31-18-15-29/h4-7,20H,1-3,8-19H2. The summed E-state index contributed by atoms with van der Waals surface area (Å²) >= 11 is 0. The molecule has 0 saturated carbocycles. The molecule has 1 aromatic heterocycles. The monoisotopic (exact) mass is 437 g/mol. The van der Waals surface area contributed by atoms with Crippen molar-refractivity contribution in [3.63, 3.8) is 0 Å². The van der Waals surface area contributed by atoms with E-state index in [9.17, 15) is 0 Å². The van der Waals surface area contributed by atoms with Crippen molar-refractivity contribution in [1.29, 1.82) is 0 Å². The fraction of sp³-hybridized carbons (Fsp3) is 0.600. The van der Waals surface area contributed by atoms with Gasteiger partial charge in [-0.2, -0.15) is 0 Å². The van der Waals surface area contributed by atoms with Crippen LogP contribution in [0.1, 0.15) is 24.8 Å². The number of ether oxygens (including phenoxy) is 2. The van der Waals surface area contributed by atoms with E-state index < -0.39 is 0 Å². The topological polar surface area (TPSA) is 54.0 Å². The third-order valence-corrected chi connectivity index (χ3v) is 6.79. The van der Waals surface area contributed by atoms with E-state index in [2.05, 4.69) is 31.8 Å². The minimum Gasteiger partial charge on any atom is -0.492 e. The van der Waals surface area contributed by atoms with Gasteiger partial charge in [-0.05, 0) is 69.6 Å². The second kappa shape index (κ2) is 10.6. The van der Waals surface area contributed by atoms with E-state index in [4.69, 9.17) is 14.5 Å². The number of aromatic nitrogens is 2. The Balaban J connectivity index is 1.15. The Hall–Kier alpha value is -2.22. The van der Waals surface area contributed by atoms with Crippen LogP contribution >= 0.6 is 0 Å². The average molecular weight is 438 g/mol. The maximum atomic E-state index is 5.94. The van der Waals surface area contributed by atoms with E-state index in [0.29, 0.717) is 6.61 Å². The zero-order valence-electron chi connectivity index (χ0n) is 19.0. The molecule has 172 valence electrons. The Labute approximate surface area is 191 Å². The first-order chi connectivity index (χ1) is 15.8. The van der Waals surface area contributed by atoms with Gasteiger partial charge in [-0.25, -0.2) is 9.97 Å². The molecule has 2 saturated heterocycles. The summed E-state index contributed by atoms with van der Waals surface area (Å²) in [7, 11) is 0. The maximum absolute atomic E-state index is 5.94. The van der Waals surface area contributed by atoms with Crippen LogP contribution in [0.5, 0.6) is 5.75 Å². The maximum Gasteiger partial charge on any atom is 0.161 e. The number of hydrogen-bond acceptors (Lipinski definition) is 7. The van der Waals surface area contributed by atoms with E-state index in [1.807, 2.05) is 18.3 Å². The molecule has 2 fully saturated rings. The molecule has 3 aliphatic heterocycles. The number of benzene rings is 1. The molecule has 0 unspecified atom stereocenters. The molecule has 0 amide bonds. The fourth-order valence-electron chi connectivity index (χ4n) is 4.88. The Morgan fingerprint density at radius 2 is 1.66 bits per heavy atom. The van der Waals surface area contributed by atoms with E-state index in [1.165, 1.54) is 44.5 Å². The van der Waals surface area contributed by atoms with Crippen LogP contribution in [-0.4, -0.2) is 91.9 Å². The molecule has 4 heterocycles. The second-order valence-electron chi connectivity index (χ2n) is 9.01. The Kier molecular flexibility index (Phi) is 7.16. The van der Waals surface area contributed by atoms with Crippen LogP contribution in [0, 0.1) is 0 Å². The van der Waals surface area contributed by atoms with Gasteiger partial charge in [0.05, 0.1) is 13.2 Å². The van der Waals surface area contributed by atoms with Gasteiger partial charge in [-0.15, -0.1) is 0 Å². The van der Waals surface area contributed by atoms with Crippen molar-refractivity contribution in [3.8, 4) is 17.1 Å². The summed E-state index contributed by atoms with van der Waals surface area (Å²) in [6.07, 6.45) is 7.00. The first-order valence-electron chi connectivity index (χ1n) is 12.2. The lowest BCUT2D eigenvalue weighted by Gasteiger charge is -2.26. The molecule has 0 radical (unpaired) electrons. The van der Waals surface area contributed by atoms with Crippen molar-refractivity contribution < 1.29 is 9.47 Å². The highest BCUT2D eigenvalue weighted by Gasteiger charge is 2.22. The summed E-state index contributed by atoms with van der Waals surface area (Å²) in [5.41, 5.74) is 2.32. The normalized spacial score (nSPS) is 19.4. The van der Waals surface area contributed by atoms with Crippen molar-refractivity contribution in [1.82, 2.24) is 19.8 Å². The largest absolute Gasteiger partial charge is 0.492 e. The van der Waals surface area contributed by atoms with E-state index in [0.717, 1.165) is 75.3 Å². The van der Waals surface area contributed by atoms with Crippen LogP contribution in [0.4, 0.5) is 5.82 Å². The van der Waals surface area contributed by atoms with Crippen molar-refractivity contribution >= 4 is 5.82 Å². The van der Waals surface area contributed by atoms with Crippen LogP contribution in [-0.2, 0) is 11.2 Å². The lowest BCUT2D eigenvalue weighted by Crippen LogP contribution is -2.38. The van der Waals surface area contributed by atoms with Gasteiger partial charge >= 0.3 is 0 Å². The van der Waals surface area contributed by atoms with Gasteiger partial charge in [0.1, 0.15) is 18.2 Å². The Morgan fingerprint density at radius 1 is 0.875 bits per heavy atom. The van der Waals surface area contributed by atoms with Gasteiger partial charge in [0, 0.05) is 50.0 Å². The van der Waals surface area contributed by atoms with Gasteiger partial charge in [-0.3, -0.25) is 4.90 Å². The number of fused-ring (bicyclic) bond motifs is 1. The van der Waals surface area contributed by atoms with Gasteiger partial charge in [0.2, 0.25) is 0 Å². The molecule has 1 aromatic carbocycles. The number of rotatable bonds is 9. The van der Waals surface area contributed by atoms with E-state index in [1.54, 1.807) is 0 Å². The van der Waals surface area contributed by atoms with Crippen LogP contribution in [0.2, 0.25) is 0 Å². The molecule has 32 heavy (non-hydrogen) atoms. The summed E-state index contributed by atoms with van der Waals surface area (Å²) in [6, 6.07) is 8.19. The molecule has 7 heteroatoms. The van der Waals surface area contributed by atoms with E-state index >= 15 is 0 Å². The Bertz CT molecular complexity index is 863. The van der Waals surface area contributed by atoms with Crippen LogP contribution in [0.3, 0.4) is 0 Å². The van der Waals surface area contributed by atoms with Gasteiger partial charge in [0.25, 0.3) is 0 Å². The molecule has 2 aromatic rings. The summed E-state index contributed by atoms with van der Waals surface area (Å²) in [5.74, 6) is 2.82. The predicted octanol–water partition coefficient (Wildman–Crippen LogP) is 2.70. The van der Waals surface area contributed by atoms with Crippen LogP contribution in [0.15, 0.2) is 30.5 Å². The second-order valence-corrected chi connectivity index (χ2v) is 9.01. The zero-order valence-corrected chi connectivity index (χ0v) is 19.0. The van der Waals surface area contributed by atoms with E-state index in [-0.39, 0.29) is 0 Å². The van der Waals surface area contributed by atoms with Gasteiger partial charge in [-0.1, -0.05) is 0 Å². The number of hydrogen-bond donors (Lipinski definition) is 0. The lowest BCUT2D eigenvalue weighted by molar-refractivity contribution is 0.0322. The summed E-state index contributed by atoms with van der Waals surface area (Å²) in [5, 5.41) is 0. The van der Waals surface area contributed by atoms with Crippen LogP contribution < -0.4 is 9.64 Å². The highest BCUT2D eigenvalue weighted by molar-refractivity contribution is 5.61. The summed E-state index contributed by atoms with van der Waals surface area (Å²) in [6.45, 7) is 11.2. The van der Waals surface area contributed by atoms with Crippen molar-refractivity contribution in [2.45, 2.75) is 25.7 Å². The first-order valence-corrected chi connectivity index (χ1v) is 12.2. The van der Waals surface area contributed by atoms with Gasteiger partial charge in [0.15, 0.2) is 5.82 Å². The fourth-order valence-corrected chi connectivity index (χ4v) is 4.88. The molecule has 0 aliphatic carbocycles. The number of nitrogens with zero attached hydrogens (tertiary/aromatic N) is 5. The quantitative estimate of drug-likeness (QED) is 0.598. The summed E-state index contributed by atoms with van der Waals surface area (Å²) < 4.78 is 11.3. The average Bonchev–Trinajstić information content (AvgIpc) is 3.50. The molecule has 7 nitrogen and oxygen atoms in total. The smallest absolute Gasteiger partial charge is 0.161 e. The van der Waals surface area contributed by atoms with Crippen molar-refractivity contribution in [3.05, 3.63) is 36.0 Å². The van der Waals surface area contributed by atoms with Crippen molar-refractivity contribution in [2.24, 2.45) is 0 Å².